The van der Waals surface area contributed by atoms with Crippen molar-refractivity contribution in [2.24, 2.45) is 0 Å². The number of alkyl halides is 3. The largest absolute Gasteiger partial charge is 0.416 e. The van der Waals surface area contributed by atoms with E-state index in [0.717, 1.165) is 54.7 Å². The minimum absolute atomic E-state index is 0.116. The van der Waals surface area contributed by atoms with E-state index in [4.69, 9.17) is 15.0 Å². The Morgan fingerprint density at radius 1 is 0.338 bits per heavy atom. The van der Waals surface area contributed by atoms with Crippen LogP contribution in [0.15, 0.2) is 182 Å². The summed E-state index contributed by atoms with van der Waals surface area (Å²) in [6, 6.07) is 59.0. The van der Waals surface area contributed by atoms with Gasteiger partial charge in [-0.3, -0.25) is 0 Å². The van der Waals surface area contributed by atoms with Crippen LogP contribution in [0.25, 0.3) is 100 Å². The number of halogens is 3. The van der Waals surface area contributed by atoms with Crippen LogP contribution >= 0.6 is 0 Å². The van der Waals surface area contributed by atoms with Gasteiger partial charge in [0.2, 0.25) is 0 Å². The van der Waals surface area contributed by atoms with Crippen molar-refractivity contribution in [3.05, 3.63) is 199 Å². The first-order valence-corrected chi connectivity index (χ1v) is 22.9. The molecule has 8 aromatic carbocycles. The lowest BCUT2D eigenvalue weighted by atomic mass is 9.86. The van der Waals surface area contributed by atoms with Crippen molar-refractivity contribution in [2.75, 3.05) is 0 Å². The third-order valence-corrected chi connectivity index (χ3v) is 13.1. The van der Waals surface area contributed by atoms with E-state index in [1.165, 1.54) is 23.3 Å². The van der Waals surface area contributed by atoms with Gasteiger partial charge in [-0.05, 0) is 94.8 Å². The zero-order chi connectivity index (χ0) is 47.1. The molecule has 0 bridgehead atoms. The molecule has 0 amide bonds. The van der Waals surface area contributed by atoms with Gasteiger partial charge >= 0.3 is 6.18 Å². The summed E-state index contributed by atoms with van der Waals surface area (Å²) >= 11 is 0. The molecule has 0 saturated heterocycles. The highest BCUT2D eigenvalue weighted by molar-refractivity contribution is 6.12. The van der Waals surface area contributed by atoms with E-state index in [1.807, 2.05) is 109 Å². The van der Waals surface area contributed by atoms with Crippen LogP contribution in [-0.4, -0.2) is 24.1 Å². The average Bonchev–Trinajstić information content (AvgIpc) is 3.85. The molecule has 0 atom stereocenters. The lowest BCUT2D eigenvalue weighted by Crippen LogP contribution is -2.11. The Balaban J connectivity index is 1.26. The number of hydrogen-bond acceptors (Lipinski definition) is 3. The van der Waals surface area contributed by atoms with Crippen LogP contribution in [0.5, 0.6) is 0 Å². The van der Waals surface area contributed by atoms with Gasteiger partial charge in [0.1, 0.15) is 0 Å². The normalized spacial score (nSPS) is 12.5. The van der Waals surface area contributed by atoms with Crippen molar-refractivity contribution < 1.29 is 13.2 Å². The van der Waals surface area contributed by atoms with E-state index in [1.54, 1.807) is 6.07 Å². The second-order valence-corrected chi connectivity index (χ2v) is 19.7. The van der Waals surface area contributed by atoms with Crippen LogP contribution in [-0.2, 0) is 17.0 Å². The van der Waals surface area contributed by atoms with Gasteiger partial charge < -0.3 is 9.13 Å². The maximum Gasteiger partial charge on any atom is 0.416 e. The highest BCUT2D eigenvalue weighted by Crippen LogP contribution is 2.45. The van der Waals surface area contributed by atoms with Gasteiger partial charge in [0.05, 0.1) is 39.0 Å². The Morgan fingerprint density at radius 3 is 1.18 bits per heavy atom. The molecule has 3 aromatic heterocycles. The minimum Gasteiger partial charge on any atom is -0.309 e. The predicted molar refractivity (Wildman–Crippen MR) is 273 cm³/mol. The standard InChI is InChI=1S/C60H48F3N5/c1-58(2,3)40-26-30-52-46(34-40)43-21-13-15-23-49(43)67(52)51-29-25-39(57-65-55(37-17-9-7-10-18-37)64-56(66-57)38-19-11-8-12-20-38)33-45(51)48-36-42(60(61,62)63)28-32-54(48)68-50-24-16-14-22-44(50)47-35-41(59(4,5)6)27-31-53(47)68/h7-36H,1-6H3. The van der Waals surface area contributed by atoms with Crippen molar-refractivity contribution >= 4 is 43.6 Å². The summed E-state index contributed by atoms with van der Waals surface area (Å²) in [7, 11) is 0. The molecular formula is C60H48F3N5. The number of para-hydroxylation sites is 2. The Bertz CT molecular complexity index is 3680. The molecule has 0 saturated carbocycles. The van der Waals surface area contributed by atoms with E-state index in [9.17, 15) is 0 Å². The van der Waals surface area contributed by atoms with E-state index >= 15 is 13.2 Å². The quantitative estimate of drug-likeness (QED) is 0.167. The van der Waals surface area contributed by atoms with E-state index < -0.39 is 11.7 Å². The summed E-state index contributed by atoms with van der Waals surface area (Å²) in [4.78, 5) is 15.1. The molecule has 5 nitrogen and oxygen atoms in total. The number of fused-ring (bicyclic) bond motifs is 6. The number of hydrogen-bond donors (Lipinski definition) is 0. The van der Waals surface area contributed by atoms with Gasteiger partial charge in [-0.2, -0.15) is 13.2 Å². The Kier molecular flexibility index (Phi) is 10.0. The molecule has 0 spiro atoms. The average molecular weight is 896 g/mol. The SMILES string of the molecule is CC(C)(C)c1ccc2c(c1)c1ccccc1n2-c1ccc(-c2nc(-c3ccccc3)nc(-c3ccccc3)n2)cc1-c1cc(C(F)(F)F)ccc1-n1c2ccccc2c2cc(C(C)(C)C)ccc21. The van der Waals surface area contributed by atoms with Gasteiger partial charge in [-0.15, -0.1) is 0 Å². The van der Waals surface area contributed by atoms with Gasteiger partial charge in [0.15, 0.2) is 17.5 Å². The van der Waals surface area contributed by atoms with Gasteiger partial charge in [-0.25, -0.2) is 15.0 Å². The lowest BCUT2D eigenvalue weighted by molar-refractivity contribution is -0.137. The number of nitrogens with zero attached hydrogens (tertiary/aromatic N) is 5. The molecule has 11 rings (SSSR count). The molecule has 0 aliphatic rings. The van der Waals surface area contributed by atoms with Crippen LogP contribution in [0.4, 0.5) is 13.2 Å². The van der Waals surface area contributed by atoms with Gasteiger partial charge in [0, 0.05) is 49.4 Å². The van der Waals surface area contributed by atoms with E-state index in [-0.39, 0.29) is 10.8 Å². The molecular weight excluding hydrogens is 848 g/mol. The maximum atomic E-state index is 15.3. The first-order valence-electron chi connectivity index (χ1n) is 22.9. The van der Waals surface area contributed by atoms with Crippen molar-refractivity contribution in [1.29, 1.82) is 0 Å². The molecule has 3 heterocycles. The molecule has 8 heteroatoms. The number of benzene rings is 8. The minimum atomic E-state index is -4.63. The van der Waals surface area contributed by atoms with Crippen molar-refractivity contribution in [3.63, 3.8) is 0 Å². The van der Waals surface area contributed by atoms with Crippen molar-refractivity contribution in [3.8, 4) is 56.7 Å². The van der Waals surface area contributed by atoms with Crippen LogP contribution in [0.2, 0.25) is 0 Å². The van der Waals surface area contributed by atoms with E-state index in [0.29, 0.717) is 45.5 Å². The van der Waals surface area contributed by atoms with Crippen LogP contribution in [0, 0.1) is 0 Å². The second-order valence-electron chi connectivity index (χ2n) is 19.7. The Morgan fingerprint density at radius 2 is 0.721 bits per heavy atom. The van der Waals surface area contributed by atoms with Crippen molar-refractivity contribution in [2.45, 2.75) is 58.5 Å². The third kappa shape index (κ3) is 7.41. The molecule has 0 aliphatic heterocycles. The van der Waals surface area contributed by atoms with Gasteiger partial charge in [0.25, 0.3) is 0 Å². The highest BCUT2D eigenvalue weighted by Gasteiger charge is 2.33. The second kappa shape index (κ2) is 15.9. The molecule has 0 N–H and O–H groups in total. The predicted octanol–water partition coefficient (Wildman–Crippen LogP) is 16.3. The van der Waals surface area contributed by atoms with Gasteiger partial charge in [-0.1, -0.05) is 151 Å². The zero-order valence-corrected chi connectivity index (χ0v) is 38.7. The summed E-state index contributed by atoms with van der Waals surface area (Å²) in [6.07, 6.45) is -4.63. The van der Waals surface area contributed by atoms with E-state index in [2.05, 4.69) is 105 Å². The fourth-order valence-corrected chi connectivity index (χ4v) is 9.54. The summed E-state index contributed by atoms with van der Waals surface area (Å²) < 4.78 is 50.1. The molecule has 0 radical (unpaired) electrons. The van der Waals surface area contributed by atoms with Crippen LogP contribution in [0.3, 0.4) is 0 Å². The molecule has 0 unspecified atom stereocenters. The number of rotatable bonds is 6. The fourth-order valence-electron chi connectivity index (χ4n) is 9.54. The van der Waals surface area contributed by atoms with Crippen LogP contribution < -0.4 is 0 Å². The topological polar surface area (TPSA) is 48.5 Å². The number of aromatic nitrogens is 5. The Labute approximate surface area is 393 Å². The van der Waals surface area contributed by atoms with Crippen molar-refractivity contribution in [1.82, 2.24) is 24.1 Å². The molecule has 68 heavy (non-hydrogen) atoms. The fraction of sp³-hybridized carbons (Fsp3) is 0.150. The smallest absolute Gasteiger partial charge is 0.309 e. The monoisotopic (exact) mass is 895 g/mol. The lowest BCUT2D eigenvalue weighted by Gasteiger charge is -2.22. The third-order valence-electron chi connectivity index (χ3n) is 13.1. The zero-order valence-electron chi connectivity index (χ0n) is 38.7. The maximum absolute atomic E-state index is 15.3. The summed E-state index contributed by atoms with van der Waals surface area (Å²) in [5, 5.41) is 4.14. The molecule has 0 aliphatic carbocycles. The first-order chi connectivity index (χ1) is 32.6. The summed E-state index contributed by atoms with van der Waals surface area (Å²) in [6.45, 7) is 13.2. The molecule has 11 aromatic rings. The molecule has 0 fully saturated rings. The first kappa shape index (κ1) is 42.8. The highest BCUT2D eigenvalue weighted by atomic mass is 19.4. The van der Waals surface area contributed by atoms with Crippen LogP contribution in [0.1, 0.15) is 58.2 Å². The molecule has 334 valence electrons. The Hall–Kier alpha value is -7.84. The summed E-state index contributed by atoms with van der Waals surface area (Å²) in [5.74, 6) is 1.36. The summed E-state index contributed by atoms with van der Waals surface area (Å²) in [5.41, 5.74) is 9.53.